The first kappa shape index (κ1) is 34.6. The molecule has 0 heterocycles. The number of benzene rings is 1. The molecule has 0 spiro atoms. The topological polar surface area (TPSA) is 76.0 Å². The number of ether oxygens (including phenoxy) is 2. The van der Waals surface area contributed by atoms with Crippen molar-refractivity contribution in [3.05, 3.63) is 42.0 Å². The molecule has 0 saturated heterocycles. The third-order valence-electron chi connectivity index (χ3n) is 14.6. The van der Waals surface area contributed by atoms with Gasteiger partial charge in [0.05, 0.1) is 17.3 Å². The van der Waals surface area contributed by atoms with Crippen LogP contribution in [0, 0.1) is 45.3 Å². The molecule has 0 aliphatic heterocycles. The molecular weight excluding hydrogens is 560 g/mol. The predicted octanol–water partition coefficient (Wildman–Crippen LogP) is 8.61. The Labute approximate surface area is 273 Å². The van der Waals surface area contributed by atoms with Crippen molar-refractivity contribution in [1.82, 2.24) is 0 Å². The molecule has 1 aromatic carbocycles. The van der Waals surface area contributed by atoms with E-state index in [4.69, 9.17) is 9.47 Å². The van der Waals surface area contributed by atoms with Crippen molar-refractivity contribution in [1.29, 1.82) is 0 Å². The van der Waals surface area contributed by atoms with E-state index in [9.17, 15) is 15.0 Å². The lowest BCUT2D eigenvalue weighted by Crippen LogP contribution is -2.67. The Balaban J connectivity index is 1.49. The molecule has 1 aromatic rings. The van der Waals surface area contributed by atoms with Gasteiger partial charge in [-0.2, -0.15) is 0 Å². The third kappa shape index (κ3) is 5.97. The fraction of sp³-hybridized carbons (Fsp3) is 0.775. The van der Waals surface area contributed by atoms with E-state index in [-0.39, 0.29) is 57.3 Å². The van der Waals surface area contributed by atoms with Crippen LogP contribution in [-0.2, 0) is 14.3 Å². The van der Waals surface area contributed by atoms with E-state index >= 15 is 0 Å². The predicted molar refractivity (Wildman–Crippen MR) is 181 cm³/mol. The van der Waals surface area contributed by atoms with Gasteiger partial charge in [0.25, 0.3) is 0 Å². The fourth-order valence-electron chi connectivity index (χ4n) is 11.6. The SMILES string of the molecule is COC(C)(C)CCC[C@@](C)(O)[C@H]1CC[C@]2(C)[C@@H]1[C@H](OC(=O)/C=C/c1ccccc1)C[C@@H]1[C@@]3(C)CC[C@H](O)C(C)(C)[C@@H]3CC[C@]12C. The molecule has 2 N–H and O–H groups in total. The largest absolute Gasteiger partial charge is 0.459 e. The van der Waals surface area contributed by atoms with Gasteiger partial charge in [0.2, 0.25) is 0 Å². The van der Waals surface area contributed by atoms with E-state index in [1.165, 1.54) is 0 Å². The third-order valence-corrected chi connectivity index (χ3v) is 14.6. The van der Waals surface area contributed by atoms with E-state index in [0.717, 1.165) is 63.4 Å². The summed E-state index contributed by atoms with van der Waals surface area (Å²) in [5.41, 5.74) is -0.204. The minimum atomic E-state index is -0.863. The van der Waals surface area contributed by atoms with Crippen LogP contribution < -0.4 is 0 Å². The van der Waals surface area contributed by atoms with Crippen molar-refractivity contribution in [2.45, 2.75) is 143 Å². The average molecular weight is 623 g/mol. The molecule has 5 rings (SSSR count). The molecule has 4 aliphatic rings. The summed E-state index contributed by atoms with van der Waals surface area (Å²) in [5.74, 6) is 0.640. The molecule has 0 unspecified atom stereocenters. The molecule has 5 nitrogen and oxygen atoms in total. The van der Waals surface area contributed by atoms with Gasteiger partial charge >= 0.3 is 5.97 Å². The van der Waals surface area contributed by atoms with Crippen LogP contribution >= 0.6 is 0 Å². The molecular formula is C40H62O5. The van der Waals surface area contributed by atoms with Crippen molar-refractivity contribution >= 4 is 12.0 Å². The maximum Gasteiger partial charge on any atom is 0.331 e. The summed E-state index contributed by atoms with van der Waals surface area (Å²) in [4.78, 5) is 13.6. The molecule has 0 aromatic heterocycles. The number of methoxy groups -OCH3 is 1. The van der Waals surface area contributed by atoms with E-state index in [0.29, 0.717) is 18.3 Å². The average Bonchev–Trinajstić information content (AvgIpc) is 3.36. The number of carbonyl (C=O) groups excluding carboxylic acids is 1. The maximum atomic E-state index is 13.6. The first-order chi connectivity index (χ1) is 20.9. The highest BCUT2D eigenvalue weighted by Gasteiger charge is 2.72. The Bertz CT molecular complexity index is 1230. The number of hydrogen-bond acceptors (Lipinski definition) is 5. The van der Waals surface area contributed by atoms with Gasteiger partial charge in [-0.25, -0.2) is 4.79 Å². The highest BCUT2D eigenvalue weighted by atomic mass is 16.5. The van der Waals surface area contributed by atoms with Gasteiger partial charge in [-0.1, -0.05) is 65.0 Å². The van der Waals surface area contributed by atoms with Gasteiger partial charge in [-0.3, -0.25) is 0 Å². The zero-order valence-corrected chi connectivity index (χ0v) is 29.7. The van der Waals surface area contributed by atoms with Gasteiger partial charge in [0, 0.05) is 19.1 Å². The van der Waals surface area contributed by atoms with Crippen molar-refractivity contribution in [3.8, 4) is 0 Å². The van der Waals surface area contributed by atoms with E-state index in [1.54, 1.807) is 13.2 Å². The van der Waals surface area contributed by atoms with Crippen molar-refractivity contribution < 1.29 is 24.5 Å². The zero-order valence-electron chi connectivity index (χ0n) is 29.7. The maximum absolute atomic E-state index is 13.6. The van der Waals surface area contributed by atoms with Gasteiger partial charge in [-0.05, 0) is 136 Å². The number of aliphatic hydroxyl groups excluding tert-OH is 1. The molecule has 10 atom stereocenters. The van der Waals surface area contributed by atoms with E-state index in [2.05, 4.69) is 48.5 Å². The Morgan fingerprint density at radius 1 is 0.933 bits per heavy atom. The summed E-state index contributed by atoms with van der Waals surface area (Å²) < 4.78 is 12.3. The Morgan fingerprint density at radius 2 is 1.60 bits per heavy atom. The number of hydrogen-bond donors (Lipinski definition) is 2. The number of fused-ring (bicyclic) bond motifs is 5. The van der Waals surface area contributed by atoms with Crippen LogP contribution in [0.25, 0.3) is 6.08 Å². The second-order valence-electron chi connectivity index (χ2n) is 17.7. The normalized spacial score (nSPS) is 40.7. The summed E-state index contributed by atoms with van der Waals surface area (Å²) in [5, 5.41) is 23.4. The lowest BCUT2D eigenvalue weighted by atomic mass is 9.35. The quantitative estimate of drug-likeness (QED) is 0.213. The van der Waals surface area contributed by atoms with Crippen LogP contribution in [0.4, 0.5) is 0 Å². The number of aliphatic hydroxyl groups is 2. The number of esters is 1. The van der Waals surface area contributed by atoms with Crippen LogP contribution in [0.5, 0.6) is 0 Å². The minimum Gasteiger partial charge on any atom is -0.459 e. The monoisotopic (exact) mass is 622 g/mol. The van der Waals surface area contributed by atoms with Crippen molar-refractivity contribution in [3.63, 3.8) is 0 Å². The Morgan fingerprint density at radius 3 is 2.27 bits per heavy atom. The summed E-state index contributed by atoms with van der Waals surface area (Å²) in [6, 6.07) is 9.90. The van der Waals surface area contributed by atoms with E-state index in [1.807, 2.05) is 43.3 Å². The molecule has 45 heavy (non-hydrogen) atoms. The van der Waals surface area contributed by atoms with Gasteiger partial charge in [0.1, 0.15) is 6.10 Å². The van der Waals surface area contributed by atoms with E-state index < -0.39 is 5.60 Å². The second kappa shape index (κ2) is 12.1. The van der Waals surface area contributed by atoms with Crippen LogP contribution in [0.3, 0.4) is 0 Å². The Hall–Kier alpha value is -1.69. The van der Waals surface area contributed by atoms with Crippen LogP contribution in [-0.4, -0.2) is 46.7 Å². The van der Waals surface area contributed by atoms with Crippen molar-refractivity contribution in [2.24, 2.45) is 45.3 Å². The highest BCUT2D eigenvalue weighted by molar-refractivity contribution is 5.87. The lowest BCUT2D eigenvalue weighted by molar-refractivity contribution is -0.250. The molecule has 4 saturated carbocycles. The first-order valence-corrected chi connectivity index (χ1v) is 17.8. The smallest absolute Gasteiger partial charge is 0.331 e. The Kier molecular flexibility index (Phi) is 9.30. The van der Waals surface area contributed by atoms with Crippen molar-refractivity contribution in [2.75, 3.05) is 7.11 Å². The molecule has 5 heteroatoms. The van der Waals surface area contributed by atoms with Crippen LogP contribution in [0.1, 0.15) is 125 Å². The van der Waals surface area contributed by atoms with Crippen LogP contribution in [0.15, 0.2) is 36.4 Å². The minimum absolute atomic E-state index is 0.0528. The second-order valence-corrected chi connectivity index (χ2v) is 17.7. The summed E-state index contributed by atoms with van der Waals surface area (Å²) in [6.45, 7) is 18.3. The highest BCUT2D eigenvalue weighted by Crippen LogP contribution is 2.76. The van der Waals surface area contributed by atoms with Crippen LogP contribution in [0.2, 0.25) is 0 Å². The molecule has 4 aliphatic carbocycles. The summed E-state index contributed by atoms with van der Waals surface area (Å²) >= 11 is 0. The molecule has 0 amide bonds. The summed E-state index contributed by atoms with van der Waals surface area (Å²) in [7, 11) is 1.76. The first-order valence-electron chi connectivity index (χ1n) is 17.8. The molecule has 0 bridgehead atoms. The van der Waals surface area contributed by atoms with Gasteiger partial charge in [0.15, 0.2) is 0 Å². The molecule has 252 valence electrons. The molecule has 4 fully saturated rings. The lowest BCUT2D eigenvalue weighted by Gasteiger charge is -2.70. The zero-order chi connectivity index (χ0) is 33.1. The van der Waals surface area contributed by atoms with Gasteiger partial charge < -0.3 is 19.7 Å². The number of carbonyl (C=O) groups is 1. The standard InChI is InChI=1S/C40H62O5/c1-35(2,44-9)21-13-22-40(8,43)28-18-24-39(7)34(28)29(45-33(42)17-16-27-14-11-10-12-15-27)26-31-37(5)23-20-32(41)36(3,4)30(37)19-25-38(31,39)6/h10-12,14-17,28-32,34,41,43H,13,18-26H2,1-9H3/b17-16+/t28-,29+,30-,31+,32-,34-,37-,38+,39+,40+/m0/s1. The fourth-order valence-corrected chi connectivity index (χ4v) is 11.6. The number of rotatable bonds is 9. The molecule has 0 radical (unpaired) electrons. The van der Waals surface area contributed by atoms with Gasteiger partial charge in [-0.15, -0.1) is 0 Å². The summed E-state index contributed by atoms with van der Waals surface area (Å²) in [6.07, 6.45) is 12.2.